The van der Waals surface area contributed by atoms with Gasteiger partial charge < -0.3 is 5.32 Å². The van der Waals surface area contributed by atoms with Gasteiger partial charge in [-0.2, -0.15) is 0 Å². The molecule has 0 bridgehead atoms. The zero-order valence-electron chi connectivity index (χ0n) is 6.65. The largest absolute Gasteiger partial charge is 0.319 e. The summed E-state index contributed by atoms with van der Waals surface area (Å²) in [5, 5.41) is 4.29. The Kier molecular flexibility index (Phi) is 3.48. The van der Waals surface area contributed by atoms with Crippen LogP contribution >= 0.6 is 27.3 Å². The monoisotopic (exact) mass is 234 g/mol. The van der Waals surface area contributed by atoms with Crippen molar-refractivity contribution in [3.8, 4) is 0 Å². The fourth-order valence-electron chi connectivity index (χ4n) is 0.770. The summed E-state index contributed by atoms with van der Waals surface area (Å²) in [6, 6.07) is 0. The number of rotatable bonds is 3. The first kappa shape index (κ1) is 9.16. The molecule has 0 aliphatic heterocycles. The second-order valence-electron chi connectivity index (χ2n) is 2.32. The Morgan fingerprint density at radius 2 is 2.36 bits per heavy atom. The van der Waals surface area contributed by atoms with Gasteiger partial charge in [-0.3, -0.25) is 0 Å². The van der Waals surface area contributed by atoms with Gasteiger partial charge in [-0.25, -0.2) is 4.98 Å². The van der Waals surface area contributed by atoms with Crippen molar-refractivity contribution in [3.05, 3.63) is 14.5 Å². The third-order valence-electron chi connectivity index (χ3n) is 1.37. The van der Waals surface area contributed by atoms with Gasteiger partial charge in [0.2, 0.25) is 0 Å². The topological polar surface area (TPSA) is 24.9 Å². The average Bonchev–Trinajstić information content (AvgIpc) is 2.28. The Hall–Kier alpha value is 0.0700. The molecule has 0 saturated heterocycles. The van der Waals surface area contributed by atoms with E-state index in [1.54, 1.807) is 11.3 Å². The Balaban J connectivity index is 2.58. The van der Waals surface area contributed by atoms with Gasteiger partial charge in [0, 0.05) is 13.0 Å². The van der Waals surface area contributed by atoms with Gasteiger partial charge in [0.15, 0.2) is 0 Å². The normalized spacial score (nSPS) is 10.5. The van der Waals surface area contributed by atoms with E-state index < -0.39 is 0 Å². The molecule has 0 amide bonds. The number of thiazole rings is 1. The maximum atomic E-state index is 4.38. The van der Waals surface area contributed by atoms with Gasteiger partial charge in [-0.15, -0.1) is 11.3 Å². The molecule has 11 heavy (non-hydrogen) atoms. The molecule has 0 spiro atoms. The van der Waals surface area contributed by atoms with Gasteiger partial charge in [0.25, 0.3) is 0 Å². The molecule has 0 fully saturated rings. The lowest BCUT2D eigenvalue weighted by Crippen LogP contribution is -2.09. The van der Waals surface area contributed by atoms with Gasteiger partial charge >= 0.3 is 0 Å². The molecular formula is C7H11BrN2S. The SMILES string of the molecule is CNCCc1nc(C)c(Br)s1. The first-order chi connectivity index (χ1) is 5.24. The summed E-state index contributed by atoms with van der Waals surface area (Å²) >= 11 is 5.16. The molecule has 2 nitrogen and oxygen atoms in total. The van der Waals surface area contributed by atoms with Crippen LogP contribution in [0.2, 0.25) is 0 Å². The predicted octanol–water partition coefficient (Wildman–Crippen LogP) is 1.98. The Bertz CT molecular complexity index is 215. The number of halogens is 1. The number of hydrogen-bond donors (Lipinski definition) is 1. The Morgan fingerprint density at radius 1 is 1.64 bits per heavy atom. The lowest BCUT2D eigenvalue weighted by molar-refractivity contribution is 0.786. The van der Waals surface area contributed by atoms with Crippen molar-refractivity contribution >= 4 is 27.3 Å². The highest BCUT2D eigenvalue weighted by Crippen LogP contribution is 2.23. The number of likely N-dealkylation sites (N-methyl/N-ethyl adjacent to an activating group) is 1. The molecule has 0 atom stereocenters. The predicted molar refractivity (Wildman–Crippen MR) is 52.2 cm³/mol. The van der Waals surface area contributed by atoms with Crippen LogP contribution in [0.15, 0.2) is 3.79 Å². The van der Waals surface area contributed by atoms with Crippen molar-refractivity contribution in [1.82, 2.24) is 10.3 Å². The van der Waals surface area contributed by atoms with E-state index in [0.29, 0.717) is 0 Å². The number of nitrogens with zero attached hydrogens (tertiary/aromatic N) is 1. The zero-order chi connectivity index (χ0) is 8.27. The summed E-state index contributed by atoms with van der Waals surface area (Å²) in [7, 11) is 1.95. The second kappa shape index (κ2) is 4.18. The molecule has 0 radical (unpaired) electrons. The quantitative estimate of drug-likeness (QED) is 0.866. The van der Waals surface area contributed by atoms with Gasteiger partial charge in [0.1, 0.15) is 0 Å². The highest BCUT2D eigenvalue weighted by atomic mass is 79.9. The van der Waals surface area contributed by atoms with Crippen molar-refractivity contribution in [2.24, 2.45) is 0 Å². The zero-order valence-corrected chi connectivity index (χ0v) is 9.05. The molecule has 0 aliphatic rings. The first-order valence-corrected chi connectivity index (χ1v) is 5.11. The first-order valence-electron chi connectivity index (χ1n) is 3.50. The van der Waals surface area contributed by atoms with Crippen LogP contribution in [0.25, 0.3) is 0 Å². The van der Waals surface area contributed by atoms with Crippen molar-refractivity contribution in [2.45, 2.75) is 13.3 Å². The summed E-state index contributed by atoms with van der Waals surface area (Å²) < 4.78 is 1.16. The van der Waals surface area contributed by atoms with Crippen LogP contribution in [0.1, 0.15) is 10.7 Å². The number of nitrogens with one attached hydrogen (secondary N) is 1. The number of hydrogen-bond acceptors (Lipinski definition) is 3. The third-order valence-corrected chi connectivity index (χ3v) is 3.44. The number of aromatic nitrogens is 1. The van der Waals surface area contributed by atoms with Crippen molar-refractivity contribution < 1.29 is 0 Å². The van der Waals surface area contributed by atoms with Gasteiger partial charge in [-0.1, -0.05) is 0 Å². The smallest absolute Gasteiger partial charge is 0.0952 e. The average molecular weight is 235 g/mol. The van der Waals surface area contributed by atoms with E-state index in [0.717, 1.165) is 22.4 Å². The minimum Gasteiger partial charge on any atom is -0.319 e. The molecular weight excluding hydrogens is 224 g/mol. The Morgan fingerprint density at radius 3 is 2.82 bits per heavy atom. The third kappa shape index (κ3) is 2.54. The van der Waals surface area contributed by atoms with E-state index in [2.05, 4.69) is 26.2 Å². The molecule has 1 heterocycles. The van der Waals surface area contributed by atoms with E-state index in [1.165, 1.54) is 5.01 Å². The summed E-state index contributed by atoms with van der Waals surface area (Å²) in [6.07, 6.45) is 1.02. The maximum absolute atomic E-state index is 4.38. The lowest BCUT2D eigenvalue weighted by Gasteiger charge is -1.92. The summed E-state index contributed by atoms with van der Waals surface area (Å²) in [4.78, 5) is 4.38. The molecule has 1 N–H and O–H groups in total. The van der Waals surface area contributed by atoms with E-state index in [9.17, 15) is 0 Å². The highest BCUT2D eigenvalue weighted by Gasteiger charge is 2.02. The molecule has 4 heteroatoms. The molecule has 1 aromatic heterocycles. The van der Waals surface area contributed by atoms with Gasteiger partial charge in [-0.05, 0) is 29.9 Å². The van der Waals surface area contributed by atoms with E-state index in [-0.39, 0.29) is 0 Å². The van der Waals surface area contributed by atoms with E-state index in [4.69, 9.17) is 0 Å². The maximum Gasteiger partial charge on any atom is 0.0952 e. The van der Waals surface area contributed by atoms with Crippen LogP contribution in [0.5, 0.6) is 0 Å². The fraction of sp³-hybridized carbons (Fsp3) is 0.571. The van der Waals surface area contributed by atoms with Crippen molar-refractivity contribution in [1.29, 1.82) is 0 Å². The minimum absolute atomic E-state index is 0.999. The molecule has 1 aromatic rings. The van der Waals surface area contributed by atoms with Crippen molar-refractivity contribution in [3.63, 3.8) is 0 Å². The molecule has 0 aliphatic carbocycles. The second-order valence-corrected chi connectivity index (χ2v) is 4.72. The van der Waals surface area contributed by atoms with Crippen LogP contribution in [0, 0.1) is 6.92 Å². The molecule has 0 aromatic carbocycles. The minimum atomic E-state index is 0.999. The van der Waals surface area contributed by atoms with Crippen LogP contribution < -0.4 is 5.32 Å². The molecule has 0 saturated carbocycles. The molecule has 1 rings (SSSR count). The summed E-state index contributed by atoms with van der Waals surface area (Å²) in [5.41, 5.74) is 1.10. The standard InChI is InChI=1S/C7H11BrN2S/c1-5-7(8)11-6(10-5)3-4-9-2/h9H,3-4H2,1-2H3. The fourth-order valence-corrected chi connectivity index (χ4v) is 2.21. The summed E-state index contributed by atoms with van der Waals surface area (Å²) in [5.74, 6) is 0. The van der Waals surface area contributed by atoms with Crippen LogP contribution in [0.3, 0.4) is 0 Å². The van der Waals surface area contributed by atoms with Crippen LogP contribution in [0.4, 0.5) is 0 Å². The molecule has 0 unspecified atom stereocenters. The summed E-state index contributed by atoms with van der Waals surface area (Å²) in [6.45, 7) is 3.02. The van der Waals surface area contributed by atoms with Crippen molar-refractivity contribution in [2.75, 3.05) is 13.6 Å². The van der Waals surface area contributed by atoms with E-state index in [1.807, 2.05) is 14.0 Å². The highest BCUT2D eigenvalue weighted by molar-refractivity contribution is 9.11. The number of aryl methyl sites for hydroxylation is 1. The van der Waals surface area contributed by atoms with Gasteiger partial charge in [0.05, 0.1) is 14.5 Å². The van der Waals surface area contributed by atoms with Crippen LogP contribution in [-0.4, -0.2) is 18.6 Å². The lowest BCUT2D eigenvalue weighted by atomic mass is 10.4. The van der Waals surface area contributed by atoms with Crippen LogP contribution in [-0.2, 0) is 6.42 Å². The van der Waals surface area contributed by atoms with E-state index >= 15 is 0 Å². The Labute approximate surface area is 79.2 Å². The molecule has 62 valence electrons.